The van der Waals surface area contributed by atoms with E-state index in [1.165, 1.54) is 64.2 Å². The minimum Gasteiger partial charge on any atom is -0.462 e. The number of allylic oxidation sites excluding steroid dienone is 24. The van der Waals surface area contributed by atoms with Crippen molar-refractivity contribution in [3.05, 3.63) is 146 Å². The Bertz CT molecular complexity index is 1540. The molecule has 0 aliphatic rings. The fourth-order valence-electron chi connectivity index (χ4n) is 6.72. The molecule has 6 heteroatoms. The first-order valence-electron chi connectivity index (χ1n) is 27.0. The molecule has 0 aromatic carbocycles. The fourth-order valence-corrected chi connectivity index (χ4v) is 6.72. The maximum absolute atomic E-state index is 12.8. The number of rotatable bonds is 46. The van der Waals surface area contributed by atoms with E-state index in [9.17, 15) is 14.4 Å². The Balaban J connectivity index is 4.62. The van der Waals surface area contributed by atoms with Gasteiger partial charge in [-0.05, 0) is 96.3 Å². The molecule has 0 aliphatic heterocycles. The summed E-state index contributed by atoms with van der Waals surface area (Å²) in [5.41, 5.74) is 0. The highest BCUT2D eigenvalue weighted by atomic mass is 16.6. The van der Waals surface area contributed by atoms with E-state index in [1.54, 1.807) is 0 Å². The molecule has 1 atom stereocenters. The van der Waals surface area contributed by atoms with Gasteiger partial charge in [0.05, 0.1) is 0 Å². The first kappa shape index (κ1) is 63.3. The average Bonchev–Trinajstić information content (AvgIpc) is 3.34. The lowest BCUT2D eigenvalue weighted by Crippen LogP contribution is -2.30. The Morgan fingerprint density at radius 1 is 0.324 bits per heavy atom. The molecular formula is C62H96O6. The van der Waals surface area contributed by atoms with E-state index in [-0.39, 0.29) is 44.0 Å². The molecule has 0 N–H and O–H groups in total. The van der Waals surface area contributed by atoms with Gasteiger partial charge in [0.1, 0.15) is 13.2 Å². The number of carbonyl (C=O) groups excluding carboxylic acids is 3. The van der Waals surface area contributed by atoms with Crippen molar-refractivity contribution in [2.45, 2.75) is 213 Å². The molecule has 6 nitrogen and oxygen atoms in total. The molecule has 0 heterocycles. The number of ether oxygens (including phenoxy) is 3. The summed E-state index contributed by atoms with van der Waals surface area (Å²) in [6, 6.07) is 0. The van der Waals surface area contributed by atoms with Gasteiger partial charge >= 0.3 is 17.9 Å². The van der Waals surface area contributed by atoms with Gasteiger partial charge in [0, 0.05) is 19.3 Å². The van der Waals surface area contributed by atoms with Crippen molar-refractivity contribution >= 4 is 17.9 Å². The van der Waals surface area contributed by atoms with Crippen LogP contribution in [0, 0.1) is 0 Å². The monoisotopic (exact) mass is 937 g/mol. The largest absolute Gasteiger partial charge is 0.462 e. The van der Waals surface area contributed by atoms with E-state index in [0.29, 0.717) is 19.3 Å². The third kappa shape index (κ3) is 52.3. The Kier molecular flexibility index (Phi) is 51.1. The van der Waals surface area contributed by atoms with Crippen molar-refractivity contribution in [2.75, 3.05) is 13.2 Å². The molecule has 0 saturated carbocycles. The van der Waals surface area contributed by atoms with Crippen LogP contribution in [-0.2, 0) is 28.6 Å². The molecule has 0 amide bonds. The molecule has 0 radical (unpaired) electrons. The molecule has 68 heavy (non-hydrogen) atoms. The topological polar surface area (TPSA) is 78.9 Å². The smallest absolute Gasteiger partial charge is 0.306 e. The van der Waals surface area contributed by atoms with Crippen LogP contribution in [0.5, 0.6) is 0 Å². The predicted octanol–water partition coefficient (Wildman–Crippen LogP) is 18.0. The van der Waals surface area contributed by atoms with Gasteiger partial charge in [0.2, 0.25) is 0 Å². The lowest BCUT2D eigenvalue weighted by atomic mass is 10.1. The number of esters is 3. The van der Waals surface area contributed by atoms with Crippen LogP contribution in [0.4, 0.5) is 0 Å². The van der Waals surface area contributed by atoms with Gasteiger partial charge in [-0.2, -0.15) is 0 Å². The maximum Gasteiger partial charge on any atom is 0.306 e. The lowest BCUT2D eigenvalue weighted by Gasteiger charge is -2.18. The molecular weight excluding hydrogens is 841 g/mol. The predicted molar refractivity (Wildman–Crippen MR) is 292 cm³/mol. The first-order valence-corrected chi connectivity index (χ1v) is 27.0. The average molecular weight is 937 g/mol. The second-order valence-corrected chi connectivity index (χ2v) is 17.3. The van der Waals surface area contributed by atoms with Gasteiger partial charge in [-0.25, -0.2) is 0 Å². The molecule has 0 saturated heterocycles. The highest BCUT2D eigenvalue weighted by Crippen LogP contribution is 2.12. The van der Waals surface area contributed by atoms with E-state index in [0.717, 1.165) is 89.9 Å². The van der Waals surface area contributed by atoms with Crippen LogP contribution in [0.2, 0.25) is 0 Å². The molecule has 0 rings (SSSR count). The third-order valence-electron chi connectivity index (χ3n) is 10.8. The number of hydrogen-bond acceptors (Lipinski definition) is 6. The minimum atomic E-state index is -0.839. The Morgan fingerprint density at radius 2 is 0.647 bits per heavy atom. The Labute approximate surface area is 417 Å². The van der Waals surface area contributed by atoms with Crippen LogP contribution >= 0.6 is 0 Å². The second-order valence-electron chi connectivity index (χ2n) is 17.3. The molecule has 0 spiro atoms. The molecule has 0 aromatic rings. The van der Waals surface area contributed by atoms with Crippen LogP contribution in [0.1, 0.15) is 207 Å². The number of carbonyl (C=O) groups is 3. The van der Waals surface area contributed by atoms with E-state index >= 15 is 0 Å². The van der Waals surface area contributed by atoms with Gasteiger partial charge in [0.25, 0.3) is 0 Å². The van der Waals surface area contributed by atoms with E-state index in [4.69, 9.17) is 14.2 Å². The molecule has 0 aliphatic carbocycles. The van der Waals surface area contributed by atoms with Crippen LogP contribution in [0.3, 0.4) is 0 Å². The van der Waals surface area contributed by atoms with Crippen molar-refractivity contribution in [3.63, 3.8) is 0 Å². The van der Waals surface area contributed by atoms with E-state index in [1.807, 2.05) is 48.6 Å². The van der Waals surface area contributed by atoms with Gasteiger partial charge in [-0.1, -0.05) is 237 Å². The zero-order valence-electron chi connectivity index (χ0n) is 43.3. The van der Waals surface area contributed by atoms with Crippen LogP contribution in [0.15, 0.2) is 146 Å². The molecule has 1 unspecified atom stereocenters. The maximum atomic E-state index is 12.8. The highest BCUT2D eigenvalue weighted by Gasteiger charge is 2.19. The standard InChI is InChI=1S/C62H96O6/c1-4-7-10-13-16-19-22-25-28-30-32-34-37-40-43-46-49-52-55-61(64)67-58-59(57-66-60(63)54-51-48-45-42-39-36-33-27-24-21-18-15-12-9-6-3)68-62(65)56-53-50-47-44-41-38-35-31-29-26-23-20-17-14-11-8-5-2/h9,12,15-16,18-19,21-22,24-30,32-36,38-39,44,47,59H,4-8,10-11,13-14,17,20,23,31,37,40-43,45-46,48-58H2,1-3H3/b12-9-,18-15-,19-16-,24-21-,25-22-,29-26-,30-28-,33-27-,34-32-,38-35-,39-36-,47-44-. The van der Waals surface area contributed by atoms with Crippen molar-refractivity contribution in [3.8, 4) is 0 Å². The zero-order valence-corrected chi connectivity index (χ0v) is 43.3. The molecule has 0 fully saturated rings. The highest BCUT2D eigenvalue weighted by molar-refractivity contribution is 5.71. The Morgan fingerprint density at radius 3 is 1.12 bits per heavy atom. The van der Waals surface area contributed by atoms with Crippen molar-refractivity contribution < 1.29 is 28.6 Å². The summed E-state index contributed by atoms with van der Waals surface area (Å²) < 4.78 is 16.7. The summed E-state index contributed by atoms with van der Waals surface area (Å²) in [6.07, 6.45) is 78.3. The summed E-state index contributed by atoms with van der Waals surface area (Å²) in [5, 5.41) is 0. The van der Waals surface area contributed by atoms with Gasteiger partial charge in [-0.3, -0.25) is 14.4 Å². The zero-order chi connectivity index (χ0) is 49.3. The molecule has 0 aromatic heterocycles. The normalized spacial score (nSPS) is 13.3. The number of unbranched alkanes of at least 4 members (excludes halogenated alkanes) is 18. The van der Waals surface area contributed by atoms with Gasteiger partial charge in [-0.15, -0.1) is 0 Å². The second kappa shape index (κ2) is 54.9. The van der Waals surface area contributed by atoms with Crippen LogP contribution in [-0.4, -0.2) is 37.2 Å². The Hall–Kier alpha value is -4.71. The van der Waals surface area contributed by atoms with E-state index in [2.05, 4.69) is 118 Å². The SMILES string of the molecule is CC\C=C/C=C\C=C/C=C\C=C/CCCCCC(=O)OCC(COC(=O)CCCCCCC\C=C/C=C\C=C/C=C\CCCCC)OC(=O)CCC/C=C\C/C=C\C/C=C\CCCCCCCC. The summed E-state index contributed by atoms with van der Waals surface area (Å²) >= 11 is 0. The first-order chi connectivity index (χ1) is 33.5. The lowest BCUT2D eigenvalue weighted by molar-refractivity contribution is -0.167. The van der Waals surface area contributed by atoms with Gasteiger partial charge < -0.3 is 14.2 Å². The van der Waals surface area contributed by atoms with Gasteiger partial charge in [0.15, 0.2) is 6.10 Å². The molecule has 0 bridgehead atoms. The minimum absolute atomic E-state index is 0.131. The van der Waals surface area contributed by atoms with Crippen molar-refractivity contribution in [2.24, 2.45) is 0 Å². The quantitative estimate of drug-likeness (QED) is 0.0199. The summed E-state index contributed by atoms with van der Waals surface area (Å²) in [4.78, 5) is 38.0. The fraction of sp³-hybridized carbons (Fsp3) is 0.565. The van der Waals surface area contributed by atoms with Crippen molar-refractivity contribution in [1.82, 2.24) is 0 Å². The third-order valence-corrected chi connectivity index (χ3v) is 10.8. The van der Waals surface area contributed by atoms with Crippen LogP contribution in [0.25, 0.3) is 0 Å². The van der Waals surface area contributed by atoms with Crippen molar-refractivity contribution in [1.29, 1.82) is 0 Å². The summed E-state index contributed by atoms with van der Waals surface area (Å²) in [6.45, 7) is 6.33. The summed E-state index contributed by atoms with van der Waals surface area (Å²) in [5.74, 6) is -1.06. The van der Waals surface area contributed by atoms with E-state index < -0.39 is 6.10 Å². The molecule has 380 valence electrons. The number of hydrogen-bond donors (Lipinski definition) is 0. The van der Waals surface area contributed by atoms with Crippen LogP contribution < -0.4 is 0 Å². The summed E-state index contributed by atoms with van der Waals surface area (Å²) in [7, 11) is 0.